The van der Waals surface area contributed by atoms with Crippen molar-refractivity contribution < 1.29 is 29.9 Å². The average Bonchev–Trinajstić information content (AvgIpc) is 2.99. The first-order chi connectivity index (χ1) is 20.5. The molecule has 0 radical (unpaired) electrons. The molecule has 1 aliphatic rings. The van der Waals surface area contributed by atoms with E-state index in [1.165, 1.54) is 161 Å². The monoisotopic (exact) mass is 601 g/mol. The van der Waals surface area contributed by atoms with Gasteiger partial charge in [-0.1, -0.05) is 174 Å². The highest BCUT2D eigenvalue weighted by Crippen LogP contribution is 2.24. The summed E-state index contributed by atoms with van der Waals surface area (Å²) in [6.45, 7) is 3.79. The largest absolute Gasteiger partial charge is 0.394 e. The molecule has 252 valence electrons. The molecule has 6 heteroatoms. The van der Waals surface area contributed by atoms with Crippen molar-refractivity contribution in [1.82, 2.24) is 0 Å². The maximum absolute atomic E-state index is 10.1. The molecule has 0 saturated carbocycles. The number of unbranched alkanes of at least 4 members (excludes halogenated alkanes) is 25. The summed E-state index contributed by atoms with van der Waals surface area (Å²) in [6.07, 6.45) is 30.9. The van der Waals surface area contributed by atoms with Crippen LogP contribution in [0.1, 0.15) is 187 Å². The zero-order valence-electron chi connectivity index (χ0n) is 27.9. The smallest absolute Gasteiger partial charge is 0.186 e. The van der Waals surface area contributed by atoms with Crippen molar-refractivity contribution in [3.63, 3.8) is 0 Å². The molecular formula is C36H72O6. The Morgan fingerprint density at radius 3 is 1.17 bits per heavy atom. The quantitative estimate of drug-likeness (QED) is 0.0615. The van der Waals surface area contributed by atoms with Crippen LogP contribution in [0.15, 0.2) is 0 Å². The van der Waals surface area contributed by atoms with Gasteiger partial charge in [-0.05, 0) is 13.3 Å². The highest BCUT2D eigenvalue weighted by molar-refractivity contribution is 4.89. The molecule has 42 heavy (non-hydrogen) atoms. The Kier molecular flexibility index (Phi) is 26.8. The zero-order chi connectivity index (χ0) is 30.7. The fraction of sp³-hybridized carbons (Fsp3) is 1.00. The summed E-state index contributed by atoms with van der Waals surface area (Å²) in [7, 11) is 0. The van der Waals surface area contributed by atoms with Crippen LogP contribution in [0.4, 0.5) is 0 Å². The fourth-order valence-corrected chi connectivity index (χ4v) is 6.22. The van der Waals surface area contributed by atoms with Gasteiger partial charge in [0.1, 0.15) is 24.4 Å². The molecule has 6 atom stereocenters. The second-order valence-corrected chi connectivity index (χ2v) is 13.3. The minimum Gasteiger partial charge on any atom is -0.394 e. The van der Waals surface area contributed by atoms with Gasteiger partial charge in [-0.3, -0.25) is 0 Å². The molecule has 0 spiro atoms. The number of hydrogen-bond acceptors (Lipinski definition) is 6. The SMILES string of the molecule is CCCCCCCCCCCCCCCCCCCCCCCCCCCC[C@H](C)O[C@H]1O[C@H](CO)[C@@H](O)[C@H](O)[C@H]1O. The van der Waals surface area contributed by atoms with Crippen molar-refractivity contribution in [2.45, 2.75) is 224 Å². The predicted molar refractivity (Wildman–Crippen MR) is 175 cm³/mol. The van der Waals surface area contributed by atoms with E-state index in [0.29, 0.717) is 0 Å². The van der Waals surface area contributed by atoms with Crippen LogP contribution >= 0.6 is 0 Å². The molecule has 0 unspecified atom stereocenters. The Labute approximate surface area is 260 Å². The minimum atomic E-state index is -1.38. The second-order valence-electron chi connectivity index (χ2n) is 13.3. The lowest BCUT2D eigenvalue weighted by atomic mass is 9.99. The lowest BCUT2D eigenvalue weighted by Crippen LogP contribution is -2.59. The fourth-order valence-electron chi connectivity index (χ4n) is 6.22. The molecular weight excluding hydrogens is 528 g/mol. The Hall–Kier alpha value is -0.240. The van der Waals surface area contributed by atoms with Crippen molar-refractivity contribution >= 4 is 0 Å². The van der Waals surface area contributed by atoms with Crippen molar-refractivity contribution in [2.75, 3.05) is 6.61 Å². The van der Waals surface area contributed by atoms with Crippen LogP contribution in [0.25, 0.3) is 0 Å². The summed E-state index contributed by atoms with van der Waals surface area (Å²) in [5.41, 5.74) is 0. The highest BCUT2D eigenvalue weighted by Gasteiger charge is 2.44. The summed E-state index contributed by atoms with van der Waals surface area (Å²) in [5.74, 6) is 0. The number of aliphatic hydroxyl groups excluding tert-OH is 4. The van der Waals surface area contributed by atoms with Crippen molar-refractivity contribution in [3.8, 4) is 0 Å². The van der Waals surface area contributed by atoms with Gasteiger partial charge in [-0.25, -0.2) is 0 Å². The molecule has 0 aromatic rings. The molecule has 0 aromatic heterocycles. The Bertz CT molecular complexity index is 559. The Morgan fingerprint density at radius 2 is 0.833 bits per heavy atom. The maximum atomic E-state index is 10.1. The van der Waals surface area contributed by atoms with E-state index >= 15 is 0 Å². The topological polar surface area (TPSA) is 99.4 Å². The van der Waals surface area contributed by atoms with E-state index in [9.17, 15) is 20.4 Å². The third kappa shape index (κ3) is 20.7. The molecule has 1 saturated heterocycles. The van der Waals surface area contributed by atoms with Crippen molar-refractivity contribution in [3.05, 3.63) is 0 Å². The van der Waals surface area contributed by atoms with Gasteiger partial charge in [0, 0.05) is 0 Å². The molecule has 6 nitrogen and oxygen atoms in total. The third-order valence-corrected chi connectivity index (χ3v) is 9.18. The van der Waals surface area contributed by atoms with Gasteiger partial charge in [-0.2, -0.15) is 0 Å². The van der Waals surface area contributed by atoms with Gasteiger partial charge in [0.15, 0.2) is 6.29 Å². The Morgan fingerprint density at radius 1 is 0.500 bits per heavy atom. The van der Waals surface area contributed by atoms with E-state index in [1.807, 2.05) is 6.92 Å². The normalized spacial score (nSPS) is 23.4. The summed E-state index contributed by atoms with van der Waals surface area (Å²) in [6, 6.07) is 0. The van der Waals surface area contributed by atoms with Gasteiger partial charge >= 0.3 is 0 Å². The molecule has 4 N–H and O–H groups in total. The van der Waals surface area contributed by atoms with Crippen LogP contribution in [0, 0.1) is 0 Å². The lowest BCUT2D eigenvalue weighted by Gasteiger charge is -2.40. The standard InChI is InChI=1S/C36H72O6/c1-3-4-5-6-7-8-9-10-11-12-13-14-15-16-17-18-19-20-21-22-23-24-25-26-27-28-29-31(2)41-36-35(40)34(39)33(38)32(30-37)42-36/h31-40H,3-30H2,1-2H3/t31-,32+,33+,34-,35+,36-/m0/s1. The van der Waals surface area contributed by atoms with Crippen LogP contribution in [0.3, 0.4) is 0 Å². The molecule has 1 heterocycles. The first kappa shape index (κ1) is 39.8. The van der Waals surface area contributed by atoms with Crippen LogP contribution in [-0.2, 0) is 9.47 Å². The third-order valence-electron chi connectivity index (χ3n) is 9.18. The van der Waals surface area contributed by atoms with E-state index < -0.39 is 37.3 Å². The van der Waals surface area contributed by atoms with Crippen LogP contribution < -0.4 is 0 Å². The number of aliphatic hydroxyl groups is 4. The minimum absolute atomic E-state index is 0.124. The summed E-state index contributed by atoms with van der Waals surface area (Å²) < 4.78 is 11.2. The van der Waals surface area contributed by atoms with E-state index in [2.05, 4.69) is 6.92 Å². The molecule has 0 amide bonds. The van der Waals surface area contributed by atoms with Crippen LogP contribution in [0.2, 0.25) is 0 Å². The first-order valence-corrected chi connectivity index (χ1v) is 18.5. The molecule has 0 aromatic carbocycles. The lowest BCUT2D eigenvalue weighted by molar-refractivity contribution is -0.310. The maximum Gasteiger partial charge on any atom is 0.186 e. The van der Waals surface area contributed by atoms with Gasteiger partial charge in [0.05, 0.1) is 12.7 Å². The van der Waals surface area contributed by atoms with Gasteiger partial charge in [0.2, 0.25) is 0 Å². The summed E-state index contributed by atoms with van der Waals surface area (Å²) in [5, 5.41) is 39.1. The van der Waals surface area contributed by atoms with E-state index in [1.54, 1.807) is 0 Å². The van der Waals surface area contributed by atoms with Crippen LogP contribution in [0.5, 0.6) is 0 Å². The number of hydrogen-bond donors (Lipinski definition) is 4. The van der Waals surface area contributed by atoms with E-state index in [0.717, 1.165) is 12.8 Å². The summed E-state index contributed by atoms with van der Waals surface area (Å²) >= 11 is 0. The van der Waals surface area contributed by atoms with Gasteiger partial charge in [-0.15, -0.1) is 0 Å². The first-order valence-electron chi connectivity index (χ1n) is 18.5. The van der Waals surface area contributed by atoms with Crippen LogP contribution in [-0.4, -0.2) is 63.8 Å². The highest BCUT2D eigenvalue weighted by atomic mass is 16.7. The van der Waals surface area contributed by atoms with E-state index in [4.69, 9.17) is 9.47 Å². The second kappa shape index (κ2) is 28.2. The van der Waals surface area contributed by atoms with Crippen molar-refractivity contribution in [1.29, 1.82) is 0 Å². The number of ether oxygens (including phenoxy) is 2. The molecule has 1 rings (SSSR count). The van der Waals surface area contributed by atoms with E-state index in [-0.39, 0.29) is 6.10 Å². The molecule has 0 bridgehead atoms. The molecule has 0 aliphatic carbocycles. The van der Waals surface area contributed by atoms with Gasteiger partial charge in [0.25, 0.3) is 0 Å². The Balaban J connectivity index is 1.77. The predicted octanol–water partition coefficient (Wildman–Crippen LogP) is 8.74. The average molecular weight is 601 g/mol. The molecule has 1 aliphatic heterocycles. The zero-order valence-corrected chi connectivity index (χ0v) is 27.9. The van der Waals surface area contributed by atoms with Gasteiger partial charge < -0.3 is 29.9 Å². The van der Waals surface area contributed by atoms with Crippen molar-refractivity contribution in [2.24, 2.45) is 0 Å². The summed E-state index contributed by atoms with van der Waals surface area (Å²) in [4.78, 5) is 0. The molecule has 1 fully saturated rings. The number of rotatable bonds is 30.